The highest BCUT2D eigenvalue weighted by atomic mass is 16.8. The number of amides is 5. The Balaban J connectivity index is 0.913. The minimum Gasteiger partial charge on any atom is -0.394 e. The molecule has 0 radical (unpaired) electrons. The van der Waals surface area contributed by atoms with Crippen molar-refractivity contribution in [3.8, 4) is 0 Å². The third-order valence-corrected chi connectivity index (χ3v) is 27.0. The van der Waals surface area contributed by atoms with Crippen molar-refractivity contribution in [2.75, 3.05) is 72.7 Å². The molecule has 12 heterocycles. The molecule has 12 rings (SSSR count). The fourth-order valence-corrected chi connectivity index (χ4v) is 19.1. The van der Waals surface area contributed by atoms with Crippen LogP contribution in [0.4, 0.5) is 0 Å². The van der Waals surface area contributed by atoms with E-state index in [1.807, 2.05) is 0 Å². The van der Waals surface area contributed by atoms with Gasteiger partial charge in [-0.2, -0.15) is 0 Å². The fourth-order valence-electron chi connectivity index (χ4n) is 19.1. The summed E-state index contributed by atoms with van der Waals surface area (Å²) >= 11 is 0. The van der Waals surface area contributed by atoms with E-state index in [0.29, 0.717) is 0 Å². The van der Waals surface area contributed by atoms with E-state index in [1.165, 1.54) is 6.92 Å². The summed E-state index contributed by atoms with van der Waals surface area (Å²) in [6.07, 6.45) is -118. The largest absolute Gasteiger partial charge is 0.394 e. The van der Waals surface area contributed by atoms with E-state index in [0.717, 1.165) is 34.6 Å². The zero-order valence-corrected chi connectivity index (χ0v) is 79.2. The van der Waals surface area contributed by atoms with Crippen molar-refractivity contribution in [3.63, 3.8) is 0 Å². The maximum Gasteiger partial charge on any atom is 0.217 e. The summed E-state index contributed by atoms with van der Waals surface area (Å²) < 4.78 is 138. The molecule has 147 heavy (non-hydrogen) atoms. The SMILES string of the molecule is CC(=O)N[C@H]1[C@H](O[C@H]2[C@H](O)[C@@H](NC(C)=O)C(O)O[C@@H]2CO[C@@H]2O[C@@H](C)[C@@H](O)[C@@H](O)[C@@H]2O)O[C@H](CO)[C@@H](O[C@@H]2O[C@H](CO[C@H]3O[C@H](CO[C@@H]4O[C@H](CO)[C@@H](O[C@@H]5O[C@H](CO)[C@H](O)[C@H](O)[C@H]5O)[C@H](O)[C@H]4NC(C)=O)[C@@H](O)[C@H](O)[C@@H]3O[C@@H]3O[C@H](CO)[C@@H](O[C@@H]4O[C@H](CO)[C@H](O)[C@H](O)[C@H]4O)[C@H](O)[C@H]3NC(C)=O)[C@@H](O)[C@H](O[C@H]3O[C@H](CO)[C@@H](O)[C@H](O)[C@@H]3O[C@@H]3O[C@H](CO)[C@@H](O[C@@H]4O[C@H](CO)[C@H](O)[C@H](O)[C@H]4O)[C@H](O)[C@H]3NC(C)=O)[C@@H]2O)[C@@H]1O. The topological polar surface area (TPSA) is 1010 Å². The van der Waals surface area contributed by atoms with Crippen molar-refractivity contribution in [2.24, 2.45) is 0 Å². The summed E-state index contributed by atoms with van der Waals surface area (Å²) in [6, 6.07) is -9.96. The molecule has 37 N–H and O–H groups in total. The van der Waals surface area contributed by atoms with Gasteiger partial charge in [0, 0.05) is 34.6 Å². The molecule has 12 aliphatic heterocycles. The summed E-state index contributed by atoms with van der Waals surface area (Å²) in [7, 11) is 0. The molecule has 65 heteroatoms. The fraction of sp³-hybridized carbons (Fsp3) is 0.939. The zero-order valence-electron chi connectivity index (χ0n) is 79.2. The monoisotopic (exact) mass is 2150 g/mol. The second-order valence-corrected chi connectivity index (χ2v) is 37.4. The molecule has 65 nitrogen and oxygen atoms in total. The Morgan fingerprint density at radius 3 is 0.789 bits per heavy atom. The lowest BCUT2D eigenvalue weighted by molar-refractivity contribution is -0.399. The van der Waals surface area contributed by atoms with Crippen LogP contribution >= 0.6 is 0 Å². The normalized spacial score (nSPS) is 49.6. The predicted molar refractivity (Wildman–Crippen MR) is 452 cm³/mol. The second-order valence-electron chi connectivity index (χ2n) is 37.4. The molecule has 0 saturated carbocycles. The van der Waals surface area contributed by atoms with Crippen LogP contribution in [0.15, 0.2) is 0 Å². The lowest BCUT2D eigenvalue weighted by atomic mass is 9.93. The molecule has 0 aromatic carbocycles. The van der Waals surface area contributed by atoms with E-state index in [2.05, 4.69) is 26.6 Å². The first-order valence-electron chi connectivity index (χ1n) is 47.0. The van der Waals surface area contributed by atoms with Crippen LogP contribution in [0.1, 0.15) is 41.5 Å². The summed E-state index contributed by atoms with van der Waals surface area (Å²) in [5, 5.41) is 373. The van der Waals surface area contributed by atoms with Gasteiger partial charge in [0.25, 0.3) is 0 Å². The minimum atomic E-state index is -2.75. The molecule has 12 aliphatic rings. The highest BCUT2D eigenvalue weighted by Crippen LogP contribution is 2.42. The Kier molecular flexibility index (Phi) is 43.4. The molecule has 0 aromatic heterocycles. The van der Waals surface area contributed by atoms with Gasteiger partial charge in [0.2, 0.25) is 29.5 Å². The van der Waals surface area contributed by atoms with Crippen LogP contribution in [-0.4, -0.2) is 634 Å². The Hall–Kier alpha value is -4.85. The van der Waals surface area contributed by atoms with Gasteiger partial charge in [-0.25, -0.2) is 0 Å². The van der Waals surface area contributed by atoms with Crippen LogP contribution in [0, 0.1) is 0 Å². The Morgan fingerprint density at radius 1 is 0.190 bits per heavy atom. The number of hydrogen-bond acceptors (Lipinski definition) is 60. The van der Waals surface area contributed by atoms with Gasteiger partial charge >= 0.3 is 0 Å². The highest BCUT2D eigenvalue weighted by Gasteiger charge is 2.63. The van der Waals surface area contributed by atoms with Gasteiger partial charge < -0.3 is 299 Å². The maximum absolute atomic E-state index is 13.5. The molecule has 5 amide bonds. The van der Waals surface area contributed by atoms with E-state index < -0.39 is 470 Å². The van der Waals surface area contributed by atoms with E-state index in [1.54, 1.807) is 0 Å². The quantitative estimate of drug-likeness (QED) is 0.0273. The van der Waals surface area contributed by atoms with Crippen molar-refractivity contribution >= 4 is 29.5 Å². The van der Waals surface area contributed by atoms with Gasteiger partial charge in [-0.3, -0.25) is 24.0 Å². The van der Waals surface area contributed by atoms with Crippen molar-refractivity contribution in [1.82, 2.24) is 26.6 Å². The van der Waals surface area contributed by atoms with E-state index >= 15 is 0 Å². The molecule has 0 bridgehead atoms. The number of aliphatic hydroxyl groups excluding tert-OH is 32. The Labute approximate surface area is 832 Å². The van der Waals surface area contributed by atoms with Crippen LogP contribution in [0.3, 0.4) is 0 Å². The number of ether oxygens (including phenoxy) is 23. The smallest absolute Gasteiger partial charge is 0.217 e. The third-order valence-electron chi connectivity index (χ3n) is 27.0. The van der Waals surface area contributed by atoms with Crippen molar-refractivity contribution in [3.05, 3.63) is 0 Å². The predicted octanol–water partition coefficient (Wildman–Crippen LogP) is -25.4. The maximum atomic E-state index is 13.5. The van der Waals surface area contributed by atoms with Crippen LogP contribution in [0.2, 0.25) is 0 Å². The van der Waals surface area contributed by atoms with Gasteiger partial charge in [0.15, 0.2) is 75.5 Å². The summed E-state index contributed by atoms with van der Waals surface area (Å²) in [4.78, 5) is 65.6. The first-order valence-corrected chi connectivity index (χ1v) is 47.0. The highest BCUT2D eigenvalue weighted by molar-refractivity contribution is 5.75. The van der Waals surface area contributed by atoms with E-state index in [-0.39, 0.29) is 0 Å². The molecular weight excluding hydrogens is 2010 g/mol. The molecular formula is C82H137N5O60. The molecule has 12 fully saturated rings. The van der Waals surface area contributed by atoms with Gasteiger partial charge in [0.1, 0.15) is 287 Å². The summed E-state index contributed by atoms with van der Waals surface area (Å²) in [5.41, 5.74) is 0. The molecule has 0 aromatic rings. The molecule has 850 valence electrons. The van der Waals surface area contributed by atoms with Crippen LogP contribution in [-0.2, 0) is 133 Å². The second kappa shape index (κ2) is 52.8. The van der Waals surface area contributed by atoms with Crippen molar-refractivity contribution in [1.29, 1.82) is 0 Å². The van der Waals surface area contributed by atoms with Gasteiger partial charge in [0.05, 0.1) is 78.8 Å². The first-order chi connectivity index (χ1) is 69.5. The number of rotatable bonds is 38. The molecule has 12 saturated heterocycles. The first kappa shape index (κ1) is 121. The van der Waals surface area contributed by atoms with Crippen LogP contribution in [0.5, 0.6) is 0 Å². The molecule has 0 spiro atoms. The average molecular weight is 2150 g/mol. The van der Waals surface area contributed by atoms with Gasteiger partial charge in [-0.05, 0) is 6.92 Å². The van der Waals surface area contributed by atoms with Crippen molar-refractivity contribution < 1.29 is 296 Å². The van der Waals surface area contributed by atoms with Crippen molar-refractivity contribution in [2.45, 2.75) is 410 Å². The number of nitrogens with one attached hydrogen (secondary N) is 5. The summed E-state index contributed by atoms with van der Waals surface area (Å²) in [5.74, 6) is -4.95. The Bertz CT molecular complexity index is 4110. The number of carbonyl (C=O) groups excluding carboxylic acids is 5. The van der Waals surface area contributed by atoms with Gasteiger partial charge in [-0.1, -0.05) is 0 Å². The lowest BCUT2D eigenvalue weighted by Crippen LogP contribution is -2.71. The van der Waals surface area contributed by atoms with Gasteiger partial charge in [-0.15, -0.1) is 0 Å². The standard InChI is InChI=1S/C82H137N5O60/c1-18-40(101)52(113)58(119)76(128-18)126-17-34-67(47(108)35(71(124)129-34)83-19(2)96)140-73-37(85-21(4)98)49(110)66(31(14-95)135-73)144-80-62(123)68(145-82-70(56(117)44(105)27(10-91)133-82)147-75-39(87-23(6)100)51(112)65(30(13-94)137-75)143-79-61(122)55(116)43(104)26(9-90)132-79)46(107)33(138-80)16-127-81-69(146-74-38(86-22(5)99)50(111)64(29(12-93)136-74)142-78-60(121)54(115)42(103)25(8-89)131-78)57(118)45(106)32(139-81)15-125-72-36(84-20(3)97)48(109)63(28(11-92)134-72)141-77-59(120)53(114)41(102)24(7-88)130-77/h18,24-82,88-95,101-124H,7-17H2,1-6H3,(H,83,96)(H,84,97)(H,85,98)(H,86,99)(H,87,100)/t18-,24+,25+,26+,27+,28+,29+,30+,31+,32+,33+,34+,35+,36+,37+,38+,39+,40+,41-,42-,43-,44+,45+,46+,47+,48+,49+,50+,51+,52+,53-,54-,55-,56-,57-,58-,59+,60+,61+,62-,63+,64+,65+,66+,67+,68-,69-,70-,71?,72+,73-,74-,75-,76+,77-,78-,79-,80-,81-,82+/m0/s1. The third kappa shape index (κ3) is 27.0. The minimum absolute atomic E-state index is 0.883. The van der Waals surface area contributed by atoms with E-state index in [4.69, 9.17) is 109 Å². The molecule has 1 unspecified atom stereocenters. The summed E-state index contributed by atoms with van der Waals surface area (Å²) in [6.45, 7) is -6.88. The van der Waals surface area contributed by atoms with Crippen LogP contribution < -0.4 is 26.6 Å². The number of hydrogen-bond donors (Lipinski definition) is 37. The molecule has 60 atom stereocenters. The Morgan fingerprint density at radius 2 is 0.422 bits per heavy atom. The van der Waals surface area contributed by atoms with E-state index in [9.17, 15) is 187 Å². The number of carbonyl (C=O) groups is 5. The van der Waals surface area contributed by atoms with Crippen LogP contribution in [0.25, 0.3) is 0 Å². The zero-order chi connectivity index (χ0) is 108. The molecule has 0 aliphatic carbocycles. The average Bonchev–Trinajstić information content (AvgIpc) is 0.770. The number of aliphatic hydroxyl groups is 32. The lowest BCUT2D eigenvalue weighted by Gasteiger charge is -2.51.